The topological polar surface area (TPSA) is 66.8 Å². The second-order valence-corrected chi connectivity index (χ2v) is 10.5. The molecule has 1 fully saturated rings. The fraction of sp³-hybridized carbons (Fsp3) is 0.200. The number of hydrogen-bond acceptors (Lipinski definition) is 3. The molecule has 3 amide bonds. The Hall–Kier alpha value is -3.94. The number of amides is 3. The Bertz CT molecular complexity index is 1550. The predicted octanol–water partition coefficient (Wildman–Crippen LogP) is 6.93. The predicted molar refractivity (Wildman–Crippen MR) is 153 cm³/mol. The molecular weight excluding hydrogens is 535 g/mol. The average molecular weight is 561 g/mol. The minimum Gasteiger partial charge on any atom is -0.497 e. The molecule has 1 atom stereocenters. The molecule has 0 spiro atoms. The van der Waals surface area contributed by atoms with Crippen molar-refractivity contribution in [1.29, 1.82) is 0 Å². The first-order chi connectivity index (χ1) is 18.9. The van der Waals surface area contributed by atoms with Gasteiger partial charge in [0, 0.05) is 17.9 Å². The van der Waals surface area contributed by atoms with Crippen molar-refractivity contribution in [3.05, 3.63) is 106 Å². The third kappa shape index (κ3) is 4.84. The summed E-state index contributed by atoms with van der Waals surface area (Å²) in [4.78, 5) is 31.0. The molecule has 1 aromatic heterocycles. The maximum absolute atomic E-state index is 14.2. The molecule has 1 saturated carbocycles. The number of nitrogens with zero attached hydrogens (tertiary/aromatic N) is 3. The van der Waals surface area contributed by atoms with Crippen LogP contribution >= 0.6 is 23.2 Å². The summed E-state index contributed by atoms with van der Waals surface area (Å²) < 4.78 is 7.48. The number of carbonyl (C=O) groups excluding carboxylic acids is 2. The van der Waals surface area contributed by atoms with Gasteiger partial charge in [-0.1, -0.05) is 47.5 Å². The third-order valence-corrected chi connectivity index (χ3v) is 7.88. The van der Waals surface area contributed by atoms with Crippen molar-refractivity contribution in [2.45, 2.75) is 24.9 Å². The Morgan fingerprint density at radius 2 is 1.69 bits per heavy atom. The lowest BCUT2D eigenvalue weighted by Crippen LogP contribution is -2.48. The van der Waals surface area contributed by atoms with Crippen molar-refractivity contribution in [2.75, 3.05) is 23.9 Å². The second-order valence-electron chi connectivity index (χ2n) is 9.65. The summed E-state index contributed by atoms with van der Waals surface area (Å²) in [6, 6.07) is 23.8. The lowest BCUT2D eigenvalue weighted by atomic mass is 9.97. The van der Waals surface area contributed by atoms with E-state index in [1.807, 2.05) is 71.8 Å². The lowest BCUT2D eigenvalue weighted by molar-refractivity contribution is -0.119. The molecule has 2 aliphatic rings. The first-order valence-corrected chi connectivity index (χ1v) is 13.5. The maximum Gasteiger partial charge on any atom is 0.322 e. The summed E-state index contributed by atoms with van der Waals surface area (Å²) >= 11 is 12.2. The van der Waals surface area contributed by atoms with Crippen LogP contribution in [0.15, 0.2) is 85.1 Å². The molecule has 2 heterocycles. The molecule has 7 nitrogen and oxygen atoms in total. The molecule has 1 aliphatic carbocycles. The molecule has 4 aromatic rings. The summed E-state index contributed by atoms with van der Waals surface area (Å²) in [5.74, 6) is 0.564. The van der Waals surface area contributed by atoms with Gasteiger partial charge in [0.05, 0.1) is 34.2 Å². The fourth-order valence-electron chi connectivity index (χ4n) is 5.11. The van der Waals surface area contributed by atoms with Crippen LogP contribution in [-0.2, 0) is 4.79 Å². The van der Waals surface area contributed by atoms with E-state index >= 15 is 0 Å². The van der Waals surface area contributed by atoms with Crippen molar-refractivity contribution >= 4 is 46.5 Å². The van der Waals surface area contributed by atoms with E-state index in [2.05, 4.69) is 9.88 Å². The zero-order valence-corrected chi connectivity index (χ0v) is 22.7. The highest BCUT2D eigenvalue weighted by Gasteiger charge is 2.40. The molecule has 198 valence electrons. The largest absolute Gasteiger partial charge is 0.497 e. The number of methoxy groups -OCH3 is 1. The van der Waals surface area contributed by atoms with E-state index in [1.54, 1.807) is 30.2 Å². The molecular formula is C30H26Cl2N4O3. The van der Waals surface area contributed by atoms with Crippen LogP contribution in [0.2, 0.25) is 10.0 Å². The number of nitrogens with one attached hydrogen (secondary N) is 1. The van der Waals surface area contributed by atoms with Crippen LogP contribution in [0.3, 0.4) is 0 Å². The molecule has 1 unspecified atom stereocenters. The Morgan fingerprint density at radius 3 is 2.38 bits per heavy atom. The van der Waals surface area contributed by atoms with Crippen LogP contribution in [0.4, 0.5) is 16.2 Å². The number of rotatable bonds is 6. The maximum atomic E-state index is 14.2. The number of anilines is 2. The van der Waals surface area contributed by atoms with Crippen LogP contribution < -0.4 is 15.0 Å². The highest BCUT2D eigenvalue weighted by molar-refractivity contribution is 6.42. The normalized spacial score (nSPS) is 15.8. The van der Waals surface area contributed by atoms with Crippen LogP contribution in [-0.4, -0.2) is 41.1 Å². The number of carbonyl (C=O) groups is 2. The number of hydrogen-bond donors (Lipinski definition) is 1. The van der Waals surface area contributed by atoms with Gasteiger partial charge in [0.25, 0.3) is 0 Å². The summed E-state index contributed by atoms with van der Waals surface area (Å²) in [5.41, 5.74) is 4.12. The standard InChI is InChI=1S/C30H26Cl2N4O3/c1-39-22-13-8-19(9-14-22)29-27-7-4-16-34(27)25-5-2-3-6-26(25)36(29)28(37)18-35(21-11-12-21)30(38)33-20-10-15-23(31)24(32)17-20/h2-10,13-17,21,29H,11-12,18H2,1H3,(H,33,38). The Kier molecular flexibility index (Phi) is 6.71. The van der Waals surface area contributed by atoms with Crippen molar-refractivity contribution in [3.63, 3.8) is 0 Å². The summed E-state index contributed by atoms with van der Waals surface area (Å²) in [7, 11) is 1.63. The van der Waals surface area contributed by atoms with E-state index in [9.17, 15) is 9.59 Å². The molecule has 0 saturated heterocycles. The summed E-state index contributed by atoms with van der Waals surface area (Å²) in [6.45, 7) is -0.0699. The number of ether oxygens (including phenoxy) is 1. The zero-order chi connectivity index (χ0) is 27.1. The van der Waals surface area contributed by atoms with Crippen LogP contribution in [0.25, 0.3) is 5.69 Å². The van der Waals surface area contributed by atoms with Crippen molar-refractivity contribution < 1.29 is 14.3 Å². The fourth-order valence-corrected chi connectivity index (χ4v) is 5.41. The Morgan fingerprint density at radius 1 is 0.949 bits per heavy atom. The van der Waals surface area contributed by atoms with Crippen molar-refractivity contribution in [2.24, 2.45) is 0 Å². The van der Waals surface area contributed by atoms with Gasteiger partial charge in [-0.15, -0.1) is 0 Å². The van der Waals surface area contributed by atoms with Gasteiger partial charge < -0.3 is 19.5 Å². The van der Waals surface area contributed by atoms with Gasteiger partial charge in [-0.2, -0.15) is 0 Å². The Labute approximate surface area is 236 Å². The smallest absolute Gasteiger partial charge is 0.322 e. The molecule has 6 rings (SSSR count). The second kappa shape index (κ2) is 10.3. The number of urea groups is 1. The summed E-state index contributed by atoms with van der Waals surface area (Å²) in [5, 5.41) is 3.63. The minimum atomic E-state index is -0.382. The van der Waals surface area contributed by atoms with Crippen molar-refractivity contribution in [1.82, 2.24) is 9.47 Å². The van der Waals surface area contributed by atoms with E-state index < -0.39 is 0 Å². The van der Waals surface area contributed by atoms with Gasteiger partial charge in [-0.3, -0.25) is 9.69 Å². The molecule has 39 heavy (non-hydrogen) atoms. The Balaban J connectivity index is 1.34. The van der Waals surface area contributed by atoms with Crippen LogP contribution in [0.5, 0.6) is 5.75 Å². The van der Waals surface area contributed by atoms with E-state index in [1.165, 1.54) is 0 Å². The van der Waals surface area contributed by atoms with E-state index in [-0.39, 0.29) is 30.6 Å². The summed E-state index contributed by atoms with van der Waals surface area (Å²) in [6.07, 6.45) is 3.71. The number of aromatic nitrogens is 1. The van der Waals surface area contributed by atoms with Gasteiger partial charge in [0.15, 0.2) is 0 Å². The number of benzene rings is 3. The quantitative estimate of drug-likeness (QED) is 0.278. The highest BCUT2D eigenvalue weighted by Crippen LogP contribution is 2.43. The minimum absolute atomic E-state index is 0.0000502. The first kappa shape index (κ1) is 25.3. The van der Waals surface area contributed by atoms with Gasteiger partial charge >= 0.3 is 6.03 Å². The van der Waals surface area contributed by atoms with Gasteiger partial charge in [0.2, 0.25) is 5.91 Å². The van der Waals surface area contributed by atoms with E-state index in [4.69, 9.17) is 27.9 Å². The number of para-hydroxylation sites is 2. The third-order valence-electron chi connectivity index (χ3n) is 7.14. The van der Waals surface area contributed by atoms with Gasteiger partial charge in [-0.05, 0) is 73.0 Å². The van der Waals surface area contributed by atoms with Gasteiger partial charge in [-0.25, -0.2) is 4.79 Å². The molecule has 3 aromatic carbocycles. The molecule has 0 bridgehead atoms. The molecule has 1 aliphatic heterocycles. The zero-order valence-electron chi connectivity index (χ0n) is 21.2. The van der Waals surface area contributed by atoms with Crippen molar-refractivity contribution in [3.8, 4) is 11.4 Å². The van der Waals surface area contributed by atoms with E-state index in [0.717, 1.165) is 41.2 Å². The van der Waals surface area contributed by atoms with E-state index in [0.29, 0.717) is 15.7 Å². The number of fused-ring (bicyclic) bond motifs is 3. The van der Waals surface area contributed by atoms with Crippen LogP contribution in [0.1, 0.15) is 30.1 Å². The SMILES string of the molecule is COc1ccc(C2c3cccn3-c3ccccc3N2C(=O)CN(C(=O)Nc2ccc(Cl)c(Cl)c2)C2CC2)cc1. The average Bonchev–Trinajstić information content (AvgIpc) is 3.67. The highest BCUT2D eigenvalue weighted by atomic mass is 35.5. The molecule has 9 heteroatoms. The first-order valence-electron chi connectivity index (χ1n) is 12.7. The monoisotopic (exact) mass is 560 g/mol. The molecule has 1 N–H and O–H groups in total. The number of halogens is 2. The molecule has 0 radical (unpaired) electrons. The van der Waals surface area contributed by atoms with Crippen LogP contribution in [0, 0.1) is 0 Å². The van der Waals surface area contributed by atoms with Gasteiger partial charge in [0.1, 0.15) is 18.3 Å². The lowest BCUT2D eigenvalue weighted by Gasteiger charge is -2.39.